The van der Waals surface area contributed by atoms with E-state index in [1.165, 1.54) is 18.2 Å². The maximum Gasteiger partial charge on any atom is 0.250 e. The summed E-state index contributed by atoms with van der Waals surface area (Å²) in [5, 5.41) is 4.61. The second-order valence-electron chi connectivity index (χ2n) is 2.53. The topological polar surface area (TPSA) is 103 Å². The second kappa shape index (κ2) is 3.56. The van der Waals surface area contributed by atoms with Crippen LogP contribution in [-0.4, -0.2) is 14.3 Å². The predicted molar refractivity (Wildman–Crippen MR) is 51.3 cm³/mol. The average molecular weight is 235 g/mol. The molecule has 76 valence electrons. The van der Waals surface area contributed by atoms with Crippen LogP contribution in [-0.2, 0) is 10.0 Å². The van der Waals surface area contributed by atoms with Crippen LogP contribution in [0.3, 0.4) is 0 Å². The predicted octanol–water partition coefficient (Wildman–Crippen LogP) is 0.0863. The van der Waals surface area contributed by atoms with Gasteiger partial charge in [-0.3, -0.25) is 4.79 Å². The van der Waals surface area contributed by atoms with Gasteiger partial charge in [0.1, 0.15) is 4.90 Å². The molecule has 0 saturated carbocycles. The lowest BCUT2D eigenvalue weighted by Crippen LogP contribution is -2.16. The highest BCUT2D eigenvalue weighted by atomic mass is 35.5. The summed E-state index contributed by atoms with van der Waals surface area (Å²) in [6.45, 7) is 0. The largest absolute Gasteiger partial charge is 0.366 e. The van der Waals surface area contributed by atoms with Crippen molar-refractivity contribution in [2.45, 2.75) is 4.90 Å². The number of carbonyl (C=O) groups is 1. The zero-order chi connectivity index (χ0) is 10.9. The third-order valence-corrected chi connectivity index (χ3v) is 3.01. The Labute approximate surface area is 85.7 Å². The van der Waals surface area contributed by atoms with Crippen LogP contribution in [0.25, 0.3) is 0 Å². The summed E-state index contributed by atoms with van der Waals surface area (Å²) in [5.41, 5.74) is 4.90. The van der Waals surface area contributed by atoms with E-state index in [9.17, 15) is 13.2 Å². The summed E-state index contributed by atoms with van der Waals surface area (Å²) >= 11 is 5.63. The van der Waals surface area contributed by atoms with E-state index in [0.717, 1.165) is 0 Å². The molecular weight excluding hydrogens is 228 g/mol. The minimum absolute atomic E-state index is 0.0711. The van der Waals surface area contributed by atoms with E-state index < -0.39 is 15.9 Å². The number of rotatable bonds is 2. The van der Waals surface area contributed by atoms with Gasteiger partial charge in [-0.25, -0.2) is 13.6 Å². The molecule has 0 aromatic heterocycles. The summed E-state index contributed by atoms with van der Waals surface area (Å²) in [5.74, 6) is -0.805. The van der Waals surface area contributed by atoms with Crippen molar-refractivity contribution in [3.05, 3.63) is 28.8 Å². The van der Waals surface area contributed by atoms with Gasteiger partial charge in [0.05, 0.1) is 10.6 Å². The molecule has 1 amide bonds. The molecule has 0 unspecified atom stereocenters. The molecule has 1 aromatic carbocycles. The number of hydrogen-bond acceptors (Lipinski definition) is 3. The van der Waals surface area contributed by atoms with E-state index in [0.29, 0.717) is 0 Å². The number of primary sulfonamides is 1. The van der Waals surface area contributed by atoms with E-state index in [-0.39, 0.29) is 15.5 Å². The van der Waals surface area contributed by atoms with Crippen molar-refractivity contribution in [2.75, 3.05) is 0 Å². The zero-order valence-corrected chi connectivity index (χ0v) is 8.47. The zero-order valence-electron chi connectivity index (χ0n) is 6.90. The third kappa shape index (κ3) is 2.03. The number of carbonyl (C=O) groups excluding carboxylic acids is 1. The molecule has 0 heterocycles. The molecular formula is C7H7ClN2O3S. The first-order valence-electron chi connectivity index (χ1n) is 3.45. The number of primary amides is 1. The summed E-state index contributed by atoms with van der Waals surface area (Å²) in [7, 11) is -3.93. The van der Waals surface area contributed by atoms with Gasteiger partial charge in [-0.1, -0.05) is 17.7 Å². The molecule has 0 fully saturated rings. The van der Waals surface area contributed by atoms with Crippen molar-refractivity contribution in [1.29, 1.82) is 0 Å². The van der Waals surface area contributed by atoms with Gasteiger partial charge >= 0.3 is 0 Å². The van der Waals surface area contributed by atoms with Crippen molar-refractivity contribution in [1.82, 2.24) is 0 Å². The van der Waals surface area contributed by atoms with E-state index >= 15 is 0 Å². The van der Waals surface area contributed by atoms with Gasteiger partial charge in [0.15, 0.2) is 0 Å². The SMILES string of the molecule is NC(=O)c1cccc(S(N)(=O)=O)c1Cl. The van der Waals surface area contributed by atoms with Gasteiger partial charge in [0.2, 0.25) is 15.9 Å². The molecule has 4 N–H and O–H groups in total. The minimum atomic E-state index is -3.93. The Morgan fingerprint density at radius 1 is 1.36 bits per heavy atom. The lowest BCUT2D eigenvalue weighted by molar-refractivity contribution is 0.100. The van der Waals surface area contributed by atoms with E-state index in [1.807, 2.05) is 0 Å². The number of halogens is 1. The Balaban J connectivity index is 3.51. The third-order valence-electron chi connectivity index (χ3n) is 1.54. The van der Waals surface area contributed by atoms with Crippen LogP contribution in [0.15, 0.2) is 23.1 Å². The Morgan fingerprint density at radius 2 is 1.93 bits per heavy atom. The Morgan fingerprint density at radius 3 is 2.36 bits per heavy atom. The van der Waals surface area contributed by atoms with Crippen LogP contribution < -0.4 is 10.9 Å². The number of amides is 1. The van der Waals surface area contributed by atoms with Crippen LogP contribution in [0.4, 0.5) is 0 Å². The highest BCUT2D eigenvalue weighted by Crippen LogP contribution is 2.23. The highest BCUT2D eigenvalue weighted by molar-refractivity contribution is 7.89. The first kappa shape index (κ1) is 11.0. The van der Waals surface area contributed by atoms with Crippen LogP contribution >= 0.6 is 11.6 Å². The highest BCUT2D eigenvalue weighted by Gasteiger charge is 2.17. The fourth-order valence-corrected chi connectivity index (χ4v) is 2.09. The van der Waals surface area contributed by atoms with Gasteiger partial charge in [0, 0.05) is 0 Å². The summed E-state index contributed by atoms with van der Waals surface area (Å²) in [6.07, 6.45) is 0. The van der Waals surface area contributed by atoms with Gasteiger partial charge in [-0.05, 0) is 12.1 Å². The molecule has 0 aliphatic rings. The molecule has 0 bridgehead atoms. The molecule has 0 atom stereocenters. The standard InChI is InChI=1S/C7H7ClN2O3S/c8-6-4(7(9)11)2-1-3-5(6)14(10,12)13/h1-3H,(H2,9,11)(H2,10,12,13). The van der Waals surface area contributed by atoms with E-state index in [4.69, 9.17) is 22.5 Å². The van der Waals surface area contributed by atoms with E-state index in [2.05, 4.69) is 0 Å². The molecule has 1 rings (SSSR count). The number of sulfonamides is 1. The molecule has 7 heteroatoms. The second-order valence-corrected chi connectivity index (χ2v) is 4.43. The molecule has 14 heavy (non-hydrogen) atoms. The van der Waals surface area contributed by atoms with Gasteiger partial charge in [0.25, 0.3) is 0 Å². The number of benzene rings is 1. The van der Waals surface area contributed by atoms with Gasteiger partial charge in [-0.2, -0.15) is 0 Å². The average Bonchev–Trinajstić information content (AvgIpc) is 2.01. The van der Waals surface area contributed by atoms with Crippen LogP contribution in [0.1, 0.15) is 10.4 Å². The monoisotopic (exact) mass is 234 g/mol. The molecule has 5 nitrogen and oxygen atoms in total. The first-order chi connectivity index (χ1) is 6.34. The van der Waals surface area contributed by atoms with Crippen molar-refractivity contribution in [3.63, 3.8) is 0 Å². The maximum absolute atomic E-state index is 11.0. The molecule has 0 radical (unpaired) electrons. The number of hydrogen-bond donors (Lipinski definition) is 2. The quantitative estimate of drug-likeness (QED) is 0.758. The van der Waals surface area contributed by atoms with Gasteiger partial charge in [-0.15, -0.1) is 0 Å². The van der Waals surface area contributed by atoms with Crippen LogP contribution in [0.5, 0.6) is 0 Å². The Hall–Kier alpha value is -1.11. The smallest absolute Gasteiger partial charge is 0.250 e. The summed E-state index contributed by atoms with van der Waals surface area (Å²) in [6, 6.07) is 3.86. The molecule has 0 aliphatic carbocycles. The molecule has 0 saturated heterocycles. The normalized spacial score (nSPS) is 11.3. The fourth-order valence-electron chi connectivity index (χ4n) is 0.921. The lowest BCUT2D eigenvalue weighted by atomic mass is 10.2. The summed E-state index contributed by atoms with van der Waals surface area (Å²) in [4.78, 5) is 10.5. The Bertz CT molecular complexity index is 484. The minimum Gasteiger partial charge on any atom is -0.366 e. The van der Waals surface area contributed by atoms with Crippen molar-refractivity contribution < 1.29 is 13.2 Å². The first-order valence-corrected chi connectivity index (χ1v) is 5.37. The lowest BCUT2D eigenvalue weighted by Gasteiger charge is -2.04. The van der Waals surface area contributed by atoms with Crippen molar-refractivity contribution >= 4 is 27.5 Å². The van der Waals surface area contributed by atoms with Crippen LogP contribution in [0, 0.1) is 0 Å². The molecule has 1 aromatic rings. The molecule has 0 spiro atoms. The summed E-state index contributed by atoms with van der Waals surface area (Å²) < 4.78 is 21.9. The number of nitrogens with two attached hydrogens (primary N) is 2. The van der Waals surface area contributed by atoms with Gasteiger partial charge < -0.3 is 5.73 Å². The molecule has 0 aliphatic heterocycles. The van der Waals surface area contributed by atoms with E-state index in [1.54, 1.807) is 0 Å². The van der Waals surface area contributed by atoms with Crippen molar-refractivity contribution in [3.8, 4) is 0 Å². The van der Waals surface area contributed by atoms with Crippen LogP contribution in [0.2, 0.25) is 5.02 Å². The fraction of sp³-hybridized carbons (Fsp3) is 0. The maximum atomic E-state index is 11.0. The Kier molecular flexibility index (Phi) is 2.79. The van der Waals surface area contributed by atoms with Crippen molar-refractivity contribution in [2.24, 2.45) is 10.9 Å².